The fourth-order valence-electron chi connectivity index (χ4n) is 2.97. The molecule has 3 N–H and O–H groups in total. The van der Waals surface area contributed by atoms with Crippen molar-refractivity contribution in [1.29, 1.82) is 0 Å². The zero-order chi connectivity index (χ0) is 17.1. The third kappa shape index (κ3) is 6.25. The Labute approximate surface area is 138 Å². The Morgan fingerprint density at radius 1 is 1.30 bits per heavy atom. The van der Waals surface area contributed by atoms with E-state index >= 15 is 0 Å². The maximum Gasteiger partial charge on any atom is 0.317 e. The smallest absolute Gasteiger partial charge is 0.317 e. The number of nitrogens with one attached hydrogen (secondary N) is 1. The Kier molecular flexibility index (Phi) is 5.88. The van der Waals surface area contributed by atoms with Crippen LogP contribution in [0.15, 0.2) is 0 Å². The van der Waals surface area contributed by atoms with E-state index in [1.54, 1.807) is 4.90 Å². The first kappa shape index (κ1) is 18.4. The summed E-state index contributed by atoms with van der Waals surface area (Å²) >= 11 is 0. The van der Waals surface area contributed by atoms with Crippen LogP contribution in [0.25, 0.3) is 0 Å². The summed E-state index contributed by atoms with van der Waals surface area (Å²) in [7, 11) is -3.43. The van der Waals surface area contributed by atoms with Crippen LogP contribution in [0.4, 0.5) is 4.79 Å². The topological polar surface area (TPSA) is 105 Å². The summed E-state index contributed by atoms with van der Waals surface area (Å²) in [6.07, 6.45) is 2.07. The van der Waals surface area contributed by atoms with Gasteiger partial charge in [-0.25, -0.2) is 18.4 Å². The lowest BCUT2D eigenvalue weighted by atomic mass is 10.1. The lowest BCUT2D eigenvalue weighted by molar-refractivity contribution is -0.0137. The molecule has 0 spiro atoms. The summed E-state index contributed by atoms with van der Waals surface area (Å²) in [5.74, 6) is -0.0476. The summed E-state index contributed by atoms with van der Waals surface area (Å²) in [5.41, 5.74) is -0.0929. The maximum absolute atomic E-state index is 12.2. The molecule has 9 heteroatoms. The van der Waals surface area contributed by atoms with Crippen molar-refractivity contribution in [3.05, 3.63) is 0 Å². The van der Waals surface area contributed by atoms with Crippen LogP contribution >= 0.6 is 0 Å². The van der Waals surface area contributed by atoms with Gasteiger partial charge in [0.2, 0.25) is 10.0 Å². The number of rotatable bonds is 5. The van der Waals surface area contributed by atoms with Crippen LogP contribution in [0.1, 0.15) is 26.7 Å². The third-order valence-electron chi connectivity index (χ3n) is 4.39. The SMILES string of the molecule is CC1(C)CCC(CNC(=O)N2CCN(CCS(N)(=O)=O)CC2)O1. The maximum atomic E-state index is 12.2. The number of amides is 2. The molecule has 2 fully saturated rings. The number of carbonyl (C=O) groups is 1. The van der Waals surface area contributed by atoms with Crippen molar-refractivity contribution < 1.29 is 17.9 Å². The molecule has 0 aromatic carbocycles. The largest absolute Gasteiger partial charge is 0.371 e. The predicted molar refractivity (Wildman–Crippen MR) is 87.6 cm³/mol. The van der Waals surface area contributed by atoms with Gasteiger partial charge in [-0.2, -0.15) is 0 Å². The highest BCUT2D eigenvalue weighted by Crippen LogP contribution is 2.28. The van der Waals surface area contributed by atoms with E-state index in [1.165, 1.54) is 0 Å². The van der Waals surface area contributed by atoms with Crippen molar-refractivity contribution in [3.8, 4) is 0 Å². The first-order valence-corrected chi connectivity index (χ1v) is 9.80. The van der Waals surface area contributed by atoms with Gasteiger partial charge in [-0.05, 0) is 26.7 Å². The fraction of sp³-hybridized carbons (Fsp3) is 0.929. The highest BCUT2D eigenvalue weighted by Gasteiger charge is 2.32. The summed E-state index contributed by atoms with van der Waals surface area (Å²) in [6.45, 7) is 7.59. The van der Waals surface area contributed by atoms with Gasteiger partial charge in [-0.15, -0.1) is 0 Å². The average Bonchev–Trinajstić information content (AvgIpc) is 2.82. The molecule has 2 rings (SSSR count). The molecule has 134 valence electrons. The Morgan fingerprint density at radius 2 is 1.96 bits per heavy atom. The van der Waals surface area contributed by atoms with Crippen LogP contribution < -0.4 is 10.5 Å². The van der Waals surface area contributed by atoms with Crippen molar-refractivity contribution in [2.45, 2.75) is 38.4 Å². The molecular formula is C14H28N4O4S. The number of urea groups is 1. The number of piperazine rings is 1. The van der Waals surface area contributed by atoms with E-state index in [2.05, 4.69) is 19.2 Å². The highest BCUT2D eigenvalue weighted by atomic mass is 32.2. The van der Waals surface area contributed by atoms with Gasteiger partial charge in [-0.1, -0.05) is 0 Å². The van der Waals surface area contributed by atoms with Crippen LogP contribution in [0.3, 0.4) is 0 Å². The number of hydrogen-bond donors (Lipinski definition) is 2. The molecule has 0 aliphatic carbocycles. The normalized spacial score (nSPS) is 25.5. The second kappa shape index (κ2) is 7.33. The minimum absolute atomic E-state index is 0.0476. The monoisotopic (exact) mass is 348 g/mol. The van der Waals surface area contributed by atoms with Gasteiger partial charge in [0, 0.05) is 39.3 Å². The number of nitrogens with zero attached hydrogens (tertiary/aromatic N) is 2. The number of hydrogen-bond acceptors (Lipinski definition) is 5. The molecule has 0 radical (unpaired) electrons. The zero-order valence-corrected chi connectivity index (χ0v) is 14.8. The molecule has 0 aromatic rings. The van der Waals surface area contributed by atoms with Crippen molar-refractivity contribution in [3.63, 3.8) is 0 Å². The number of primary sulfonamides is 1. The van der Waals surface area contributed by atoms with E-state index in [4.69, 9.17) is 9.88 Å². The number of ether oxygens (including phenoxy) is 1. The molecule has 0 aromatic heterocycles. The molecule has 2 amide bonds. The van der Waals surface area contributed by atoms with Crippen LogP contribution in [-0.4, -0.2) is 81.0 Å². The minimum atomic E-state index is -3.43. The van der Waals surface area contributed by atoms with E-state index in [-0.39, 0.29) is 23.5 Å². The second-order valence-electron chi connectivity index (χ2n) is 6.92. The summed E-state index contributed by atoms with van der Waals surface area (Å²) in [4.78, 5) is 15.9. The minimum Gasteiger partial charge on any atom is -0.371 e. The average molecular weight is 348 g/mol. The first-order valence-electron chi connectivity index (χ1n) is 8.08. The number of sulfonamides is 1. The van der Waals surface area contributed by atoms with Gasteiger partial charge in [-0.3, -0.25) is 4.90 Å². The molecular weight excluding hydrogens is 320 g/mol. The molecule has 1 atom stereocenters. The van der Waals surface area contributed by atoms with Gasteiger partial charge in [0.05, 0.1) is 17.5 Å². The Bertz CT molecular complexity index is 515. The number of carbonyl (C=O) groups excluding carboxylic acids is 1. The van der Waals surface area contributed by atoms with Gasteiger partial charge in [0.25, 0.3) is 0 Å². The lowest BCUT2D eigenvalue weighted by Crippen LogP contribution is -2.53. The third-order valence-corrected chi connectivity index (χ3v) is 5.14. The Hall–Kier alpha value is -0.900. The molecule has 8 nitrogen and oxygen atoms in total. The van der Waals surface area contributed by atoms with Crippen LogP contribution in [-0.2, 0) is 14.8 Å². The molecule has 23 heavy (non-hydrogen) atoms. The van der Waals surface area contributed by atoms with Gasteiger partial charge in [0.15, 0.2) is 0 Å². The summed E-state index contributed by atoms with van der Waals surface area (Å²) in [5, 5.41) is 7.94. The van der Waals surface area contributed by atoms with Gasteiger partial charge in [0.1, 0.15) is 0 Å². The van der Waals surface area contributed by atoms with Crippen molar-refractivity contribution in [1.82, 2.24) is 15.1 Å². The fourth-order valence-corrected chi connectivity index (χ4v) is 3.48. The summed E-state index contributed by atoms with van der Waals surface area (Å²) < 4.78 is 27.8. The molecule has 2 aliphatic heterocycles. The summed E-state index contributed by atoms with van der Waals surface area (Å²) in [6, 6.07) is -0.0793. The highest BCUT2D eigenvalue weighted by molar-refractivity contribution is 7.89. The molecule has 2 aliphatic rings. The molecule has 2 saturated heterocycles. The zero-order valence-electron chi connectivity index (χ0n) is 14.0. The standard InChI is InChI=1S/C14H28N4O4S/c1-14(2)4-3-12(22-14)11-16-13(19)18-7-5-17(6-8-18)9-10-23(15,20)21/h12H,3-11H2,1-2H3,(H,16,19)(H2,15,20,21). The van der Waals surface area contributed by atoms with Crippen molar-refractivity contribution >= 4 is 16.1 Å². The Morgan fingerprint density at radius 3 is 2.48 bits per heavy atom. The quantitative estimate of drug-likeness (QED) is 0.701. The predicted octanol–water partition coefficient (Wildman–Crippen LogP) is -0.440. The van der Waals surface area contributed by atoms with Crippen LogP contribution in [0.2, 0.25) is 0 Å². The van der Waals surface area contributed by atoms with E-state index < -0.39 is 10.0 Å². The Balaban J connectivity index is 1.66. The van der Waals surface area contributed by atoms with E-state index in [1.807, 2.05) is 4.90 Å². The molecule has 2 heterocycles. The molecule has 0 saturated carbocycles. The van der Waals surface area contributed by atoms with Crippen LogP contribution in [0, 0.1) is 0 Å². The van der Waals surface area contributed by atoms with Crippen LogP contribution in [0.5, 0.6) is 0 Å². The lowest BCUT2D eigenvalue weighted by Gasteiger charge is -2.34. The van der Waals surface area contributed by atoms with E-state index in [0.29, 0.717) is 39.3 Å². The van der Waals surface area contributed by atoms with Crippen molar-refractivity contribution in [2.24, 2.45) is 5.14 Å². The second-order valence-corrected chi connectivity index (χ2v) is 8.65. The number of nitrogens with two attached hydrogens (primary N) is 1. The first-order chi connectivity index (χ1) is 10.6. The molecule has 1 unspecified atom stereocenters. The molecule has 0 bridgehead atoms. The van der Waals surface area contributed by atoms with E-state index in [9.17, 15) is 13.2 Å². The van der Waals surface area contributed by atoms with Gasteiger partial charge < -0.3 is 15.0 Å². The van der Waals surface area contributed by atoms with Crippen molar-refractivity contribution in [2.75, 3.05) is 45.0 Å². The van der Waals surface area contributed by atoms with E-state index in [0.717, 1.165) is 12.8 Å². The van der Waals surface area contributed by atoms with Gasteiger partial charge >= 0.3 is 6.03 Å².